The average Bonchev–Trinajstić information content (AvgIpc) is 4.23. The molecule has 4 aromatic carbocycles. The van der Waals surface area contributed by atoms with Crippen LogP contribution < -0.4 is 29.6 Å². The summed E-state index contributed by atoms with van der Waals surface area (Å²) >= 11 is 3.08. The topological polar surface area (TPSA) is 224 Å². The van der Waals surface area contributed by atoms with Gasteiger partial charge in [0.05, 0.1) is 60.9 Å². The van der Waals surface area contributed by atoms with E-state index >= 15 is 0 Å². The summed E-state index contributed by atoms with van der Waals surface area (Å²) in [5.74, 6) is -1.49. The Morgan fingerprint density at radius 2 is 1.41 bits per heavy atom. The van der Waals surface area contributed by atoms with Gasteiger partial charge in [0.2, 0.25) is 11.8 Å². The van der Waals surface area contributed by atoms with Crippen molar-refractivity contribution < 1.29 is 52.5 Å². The van der Waals surface area contributed by atoms with Crippen molar-refractivity contribution in [3.63, 3.8) is 0 Å². The number of rotatable bonds is 24. The van der Waals surface area contributed by atoms with E-state index in [1.54, 1.807) is 54.4 Å². The average molecular weight is 1170 g/mol. The van der Waals surface area contributed by atoms with Crippen LogP contribution in [0.2, 0.25) is 0 Å². The molecule has 422 valence electrons. The fourth-order valence-corrected chi connectivity index (χ4v) is 10.9. The number of unbranched alkanes of at least 4 members (excludes halogenated alkanes) is 2. The summed E-state index contributed by atoms with van der Waals surface area (Å²) in [6.45, 7) is 8.24. The number of methoxy groups -OCH3 is 2. The summed E-state index contributed by atoms with van der Waals surface area (Å²) in [7, 11) is 3.04. The number of carbonyl (C=O) groups is 7. The van der Waals surface area contributed by atoms with Crippen LogP contribution in [0.1, 0.15) is 116 Å². The van der Waals surface area contributed by atoms with E-state index in [4.69, 9.17) is 33.9 Å². The maximum atomic E-state index is 14.1. The fourth-order valence-electron chi connectivity index (χ4n) is 10.5. The van der Waals surface area contributed by atoms with Crippen molar-refractivity contribution in [3.8, 4) is 23.0 Å². The molecule has 2 N–H and O–H groups in total. The van der Waals surface area contributed by atoms with Gasteiger partial charge in [0.25, 0.3) is 17.7 Å². The van der Waals surface area contributed by atoms with Crippen molar-refractivity contribution >= 4 is 97.8 Å². The van der Waals surface area contributed by atoms with Crippen LogP contribution in [0, 0.1) is 17.8 Å². The van der Waals surface area contributed by atoms with Crippen molar-refractivity contribution in [2.24, 2.45) is 32.7 Å². The molecule has 0 spiro atoms. The van der Waals surface area contributed by atoms with Gasteiger partial charge in [0.15, 0.2) is 34.6 Å². The lowest BCUT2D eigenvalue weighted by Gasteiger charge is -2.23. The van der Waals surface area contributed by atoms with E-state index in [1.807, 2.05) is 38.4 Å². The van der Waals surface area contributed by atoms with Gasteiger partial charge in [0, 0.05) is 104 Å². The van der Waals surface area contributed by atoms with Crippen molar-refractivity contribution in [2.45, 2.75) is 104 Å². The zero-order chi connectivity index (χ0) is 57.5. The molecule has 0 fully saturated rings. The lowest BCUT2D eigenvalue weighted by atomic mass is 9.92. The number of hydrogen-bond donors (Lipinski definition) is 2. The second-order valence-corrected chi connectivity index (χ2v) is 22.0. The lowest BCUT2D eigenvalue weighted by molar-refractivity contribution is -0.137. The SMILES string of the molecule is CCc1ccc(C2=CN3C(=O)c4cc(OC)c(OCCCOc5cc6c(cc5OC)C(=O)C5N=C(c7ccc(NC(=O)[C@@H](C)CC(=O)[C@H](NC(=O)CCCCCN8C(=O)C=C(Br)C8=O)C(C)C)cc7)C[C@@H]5C=N6)cc4N=C[C@H]3C2)cc1. The number of halogens is 1. The summed E-state index contributed by atoms with van der Waals surface area (Å²) in [6, 6.07) is 20.7. The summed E-state index contributed by atoms with van der Waals surface area (Å²) in [4.78, 5) is 109. The van der Waals surface area contributed by atoms with Crippen LogP contribution in [-0.4, -0.2) is 121 Å². The van der Waals surface area contributed by atoms with Gasteiger partial charge in [-0.2, -0.15) is 0 Å². The number of Topliss-reactive ketones (excluding diaryl/α,β-unsaturated/α-hetero) is 2. The van der Waals surface area contributed by atoms with Crippen molar-refractivity contribution in [2.75, 3.05) is 39.3 Å². The molecule has 0 radical (unpaired) electrons. The normalized spacial score (nSPS) is 18.7. The Bertz CT molecular complexity index is 3290. The smallest absolute Gasteiger partial charge is 0.267 e. The Kier molecular flexibility index (Phi) is 18.2. The summed E-state index contributed by atoms with van der Waals surface area (Å²) in [6.07, 6.45) is 11.1. The molecule has 1 unspecified atom stereocenters. The number of aliphatic imine (C=N–C) groups is 3. The van der Waals surface area contributed by atoms with E-state index in [9.17, 15) is 33.6 Å². The van der Waals surface area contributed by atoms with E-state index in [0.717, 1.165) is 33.7 Å². The molecule has 0 saturated heterocycles. The van der Waals surface area contributed by atoms with Gasteiger partial charge < -0.3 is 34.5 Å². The van der Waals surface area contributed by atoms with Crippen LogP contribution >= 0.6 is 15.9 Å². The number of anilines is 1. The molecule has 5 atom stereocenters. The molecule has 5 aliphatic heterocycles. The first-order valence-corrected chi connectivity index (χ1v) is 28.3. The first-order chi connectivity index (χ1) is 39.0. The number of benzene rings is 4. The minimum Gasteiger partial charge on any atom is -0.493 e. The highest BCUT2D eigenvalue weighted by Gasteiger charge is 2.39. The van der Waals surface area contributed by atoms with Crippen LogP contribution in [0.3, 0.4) is 0 Å². The van der Waals surface area contributed by atoms with Crippen LogP contribution in [0.25, 0.3) is 5.57 Å². The minimum atomic E-state index is -0.768. The third-order valence-corrected chi connectivity index (χ3v) is 15.7. The number of imide groups is 1. The number of nitrogens with zero attached hydrogens (tertiary/aromatic N) is 5. The summed E-state index contributed by atoms with van der Waals surface area (Å²) < 4.78 is 24.0. The monoisotopic (exact) mass is 1160 g/mol. The standard InChI is InChI=1S/C62H66BrN7O11/c1-7-37-13-15-38(16-14-37)41-25-43-33-65-49-31-54(52(79-6)28-45(49)61(76)70(43)34-41)81-23-11-22-80-53-30-48-44(27-51(53)78-5)59(74)58-40(32-64-48)26-47(67-58)39-17-19-42(20-18-39)66-60(75)36(4)24-50(71)57(35(2)3)68-55(72)12-9-8-10-21-69-56(73)29-46(63)62(69)77/h13-20,27-36,40,43,57-58H,7-12,21-26H2,1-6H3,(H,66,75)(H,68,72)/t36-,40+,43+,57+,58?/m0/s1. The zero-order valence-corrected chi connectivity index (χ0v) is 47.9. The molecule has 4 aromatic rings. The van der Waals surface area contributed by atoms with E-state index in [0.29, 0.717) is 89.7 Å². The number of amides is 5. The molecule has 0 bridgehead atoms. The van der Waals surface area contributed by atoms with Crippen molar-refractivity contribution in [1.82, 2.24) is 15.1 Å². The minimum absolute atomic E-state index is 0.0754. The molecule has 5 aliphatic rings. The Balaban J connectivity index is 0.736. The van der Waals surface area contributed by atoms with Crippen LogP contribution in [0.15, 0.2) is 105 Å². The zero-order valence-electron chi connectivity index (χ0n) is 46.3. The molecule has 0 aromatic heterocycles. The third kappa shape index (κ3) is 13.1. The van der Waals surface area contributed by atoms with Gasteiger partial charge in [-0.15, -0.1) is 0 Å². The van der Waals surface area contributed by atoms with Crippen molar-refractivity contribution in [1.29, 1.82) is 0 Å². The third-order valence-electron chi connectivity index (χ3n) is 15.1. The van der Waals surface area contributed by atoms with Crippen LogP contribution in [-0.2, 0) is 30.4 Å². The lowest BCUT2D eigenvalue weighted by Crippen LogP contribution is -2.45. The van der Waals surface area contributed by atoms with Gasteiger partial charge in [-0.3, -0.25) is 53.4 Å². The molecular weight excluding hydrogens is 1100 g/mol. The molecule has 19 heteroatoms. The number of aryl methyl sites for hydroxylation is 1. The Morgan fingerprint density at radius 3 is 2.05 bits per heavy atom. The maximum absolute atomic E-state index is 14.1. The number of ketones is 2. The highest BCUT2D eigenvalue weighted by Crippen LogP contribution is 2.42. The molecule has 18 nitrogen and oxygen atoms in total. The molecule has 9 rings (SSSR count). The summed E-state index contributed by atoms with van der Waals surface area (Å²) in [5, 5.41) is 5.74. The Morgan fingerprint density at radius 1 is 0.753 bits per heavy atom. The first-order valence-electron chi connectivity index (χ1n) is 27.5. The highest BCUT2D eigenvalue weighted by atomic mass is 79.9. The number of hydrogen-bond acceptors (Lipinski definition) is 14. The predicted octanol–water partition coefficient (Wildman–Crippen LogP) is 9.74. The van der Waals surface area contributed by atoms with Crippen LogP contribution in [0.5, 0.6) is 23.0 Å². The van der Waals surface area contributed by atoms with Gasteiger partial charge in [-0.25, -0.2) is 0 Å². The Hall–Kier alpha value is -8.06. The number of fused-ring (bicyclic) bond motifs is 4. The Labute approximate surface area is 479 Å². The van der Waals surface area contributed by atoms with E-state index in [-0.39, 0.29) is 96.1 Å². The van der Waals surface area contributed by atoms with Crippen molar-refractivity contribution in [3.05, 3.63) is 117 Å². The number of carbonyl (C=O) groups excluding carboxylic acids is 7. The first kappa shape index (κ1) is 57.6. The maximum Gasteiger partial charge on any atom is 0.267 e. The van der Waals surface area contributed by atoms with Crippen LogP contribution in [0.4, 0.5) is 17.1 Å². The number of ether oxygens (including phenoxy) is 4. The summed E-state index contributed by atoms with van der Waals surface area (Å²) in [5.41, 5.74) is 7.22. The molecule has 81 heavy (non-hydrogen) atoms. The highest BCUT2D eigenvalue weighted by molar-refractivity contribution is 9.12. The second-order valence-electron chi connectivity index (χ2n) is 21.1. The van der Waals surface area contributed by atoms with E-state index < -0.39 is 18.0 Å². The molecule has 5 heterocycles. The molecule has 0 aliphatic carbocycles. The molecule has 5 amide bonds. The van der Waals surface area contributed by atoms with E-state index in [1.165, 1.54) is 25.9 Å². The van der Waals surface area contributed by atoms with Gasteiger partial charge in [-0.05, 0) is 87.6 Å². The second kappa shape index (κ2) is 25.6. The quantitative estimate of drug-likeness (QED) is 0.0496. The molecule has 0 saturated carbocycles. The van der Waals surface area contributed by atoms with Gasteiger partial charge in [-0.1, -0.05) is 70.5 Å². The predicted molar refractivity (Wildman–Crippen MR) is 312 cm³/mol. The fraction of sp³-hybridized carbons (Fsp3) is 0.387. The molecular formula is C62H66BrN7O11. The van der Waals surface area contributed by atoms with Gasteiger partial charge >= 0.3 is 0 Å². The largest absolute Gasteiger partial charge is 0.493 e. The number of nitrogens with one attached hydrogen (secondary N) is 2. The van der Waals surface area contributed by atoms with Gasteiger partial charge in [0.1, 0.15) is 6.04 Å². The van der Waals surface area contributed by atoms with E-state index in [2.05, 4.69) is 57.8 Å².